The average Bonchev–Trinajstić information content (AvgIpc) is 2.12. The molecule has 0 aromatic heterocycles. The van der Waals surface area contributed by atoms with E-state index in [1.54, 1.807) is 0 Å². The van der Waals surface area contributed by atoms with Gasteiger partial charge in [0.25, 0.3) is 0 Å². The Morgan fingerprint density at radius 3 is 2.56 bits per heavy atom. The third-order valence-electron chi connectivity index (χ3n) is 3.50. The highest BCUT2D eigenvalue weighted by atomic mass is 16.3. The maximum Gasteiger partial charge on any atom is 0.315 e. The summed E-state index contributed by atoms with van der Waals surface area (Å²) in [7, 11) is 0. The first-order chi connectivity index (χ1) is 8.24. The fourth-order valence-electron chi connectivity index (χ4n) is 3.16. The van der Waals surface area contributed by atoms with Crippen LogP contribution in [0.2, 0.25) is 0 Å². The van der Waals surface area contributed by atoms with Crippen molar-refractivity contribution in [2.45, 2.75) is 71.4 Å². The van der Waals surface area contributed by atoms with Crippen molar-refractivity contribution >= 4 is 6.03 Å². The quantitative estimate of drug-likeness (QED) is 0.676. The Morgan fingerprint density at radius 1 is 1.33 bits per heavy atom. The zero-order chi connectivity index (χ0) is 13.8. The zero-order valence-electron chi connectivity index (χ0n) is 12.2. The van der Waals surface area contributed by atoms with Crippen molar-refractivity contribution in [2.24, 2.45) is 5.41 Å². The third kappa shape index (κ3) is 5.25. The van der Waals surface area contributed by atoms with Crippen LogP contribution in [0.5, 0.6) is 0 Å². The largest absolute Gasteiger partial charge is 0.390 e. The second kappa shape index (κ2) is 5.91. The monoisotopic (exact) mass is 256 g/mol. The van der Waals surface area contributed by atoms with Gasteiger partial charge in [-0.15, -0.1) is 0 Å². The van der Waals surface area contributed by atoms with Crippen molar-refractivity contribution < 1.29 is 9.90 Å². The molecule has 2 atom stereocenters. The molecule has 0 aliphatic heterocycles. The highest BCUT2D eigenvalue weighted by Gasteiger charge is 2.40. The Kier molecular flexibility index (Phi) is 5.02. The highest BCUT2D eigenvalue weighted by Crippen LogP contribution is 2.40. The molecule has 0 bridgehead atoms. The van der Waals surface area contributed by atoms with Crippen molar-refractivity contribution in [1.29, 1.82) is 0 Å². The first-order valence-corrected chi connectivity index (χ1v) is 7.01. The van der Waals surface area contributed by atoms with Gasteiger partial charge in [0, 0.05) is 12.6 Å². The Bertz CT molecular complexity index is 272. The van der Waals surface area contributed by atoms with Crippen LogP contribution < -0.4 is 10.6 Å². The van der Waals surface area contributed by atoms with Crippen LogP contribution in [0, 0.1) is 5.41 Å². The number of carbonyl (C=O) groups is 1. The van der Waals surface area contributed by atoms with E-state index in [4.69, 9.17) is 0 Å². The summed E-state index contributed by atoms with van der Waals surface area (Å²) in [5.74, 6) is 0. The van der Waals surface area contributed by atoms with Gasteiger partial charge in [-0.2, -0.15) is 0 Å². The summed E-state index contributed by atoms with van der Waals surface area (Å²) in [4.78, 5) is 11.7. The number of aliphatic hydroxyl groups is 1. The minimum atomic E-state index is -0.677. The molecule has 1 aliphatic carbocycles. The molecule has 0 heterocycles. The van der Waals surface area contributed by atoms with Gasteiger partial charge in [-0.1, -0.05) is 27.2 Å². The molecule has 4 heteroatoms. The number of rotatable bonds is 4. The first-order valence-electron chi connectivity index (χ1n) is 7.01. The summed E-state index contributed by atoms with van der Waals surface area (Å²) in [5, 5.41) is 16.1. The lowest BCUT2D eigenvalue weighted by Gasteiger charge is -2.43. The SMILES string of the molecule is CCCCNC(=O)NC1CC(C)(C)CC(C)(O)C1. The molecule has 1 fully saturated rings. The van der Waals surface area contributed by atoms with E-state index < -0.39 is 5.60 Å². The minimum Gasteiger partial charge on any atom is -0.390 e. The van der Waals surface area contributed by atoms with Crippen LogP contribution in [0.25, 0.3) is 0 Å². The van der Waals surface area contributed by atoms with Crippen LogP contribution >= 0.6 is 0 Å². The second-order valence-corrected chi connectivity index (χ2v) is 6.70. The van der Waals surface area contributed by atoms with Crippen molar-refractivity contribution in [3.05, 3.63) is 0 Å². The molecule has 1 saturated carbocycles. The Hall–Kier alpha value is -0.770. The van der Waals surface area contributed by atoms with Crippen LogP contribution in [0.3, 0.4) is 0 Å². The van der Waals surface area contributed by atoms with E-state index >= 15 is 0 Å². The summed E-state index contributed by atoms with van der Waals surface area (Å²) in [5.41, 5.74) is -0.605. The molecule has 0 radical (unpaired) electrons. The van der Waals surface area contributed by atoms with Crippen LogP contribution in [-0.2, 0) is 0 Å². The van der Waals surface area contributed by atoms with E-state index in [0.29, 0.717) is 6.42 Å². The van der Waals surface area contributed by atoms with Crippen molar-refractivity contribution in [2.75, 3.05) is 6.54 Å². The molecule has 1 rings (SSSR count). The maximum atomic E-state index is 11.7. The van der Waals surface area contributed by atoms with E-state index in [9.17, 15) is 9.90 Å². The number of carbonyl (C=O) groups excluding carboxylic acids is 1. The van der Waals surface area contributed by atoms with E-state index in [2.05, 4.69) is 31.4 Å². The van der Waals surface area contributed by atoms with Crippen molar-refractivity contribution in [1.82, 2.24) is 10.6 Å². The standard InChI is InChI=1S/C14H28N2O2/c1-5-6-7-15-12(17)16-11-8-13(2,3)10-14(4,18)9-11/h11,18H,5-10H2,1-4H3,(H2,15,16,17). The molecule has 0 aromatic carbocycles. The molecule has 2 unspecified atom stereocenters. The summed E-state index contributed by atoms with van der Waals surface area (Å²) >= 11 is 0. The van der Waals surface area contributed by atoms with E-state index in [-0.39, 0.29) is 17.5 Å². The molecule has 0 saturated heterocycles. The smallest absolute Gasteiger partial charge is 0.315 e. The molecule has 18 heavy (non-hydrogen) atoms. The summed E-state index contributed by atoms with van der Waals surface area (Å²) in [6, 6.07) is -0.0488. The molecule has 4 nitrogen and oxygen atoms in total. The predicted octanol–water partition coefficient (Wildman–Crippen LogP) is 2.42. The van der Waals surface area contributed by atoms with Crippen molar-refractivity contribution in [3.8, 4) is 0 Å². The van der Waals surface area contributed by atoms with Crippen LogP contribution in [0.1, 0.15) is 59.8 Å². The summed E-state index contributed by atoms with van der Waals surface area (Å²) < 4.78 is 0. The third-order valence-corrected chi connectivity index (χ3v) is 3.50. The average molecular weight is 256 g/mol. The molecule has 0 aromatic rings. The Labute approximate surface area is 111 Å². The fraction of sp³-hybridized carbons (Fsp3) is 0.929. The molecular weight excluding hydrogens is 228 g/mol. The minimum absolute atomic E-state index is 0.0605. The van der Waals surface area contributed by atoms with Gasteiger partial charge >= 0.3 is 6.03 Å². The van der Waals surface area contributed by atoms with Gasteiger partial charge in [-0.3, -0.25) is 0 Å². The lowest BCUT2D eigenvalue weighted by Crippen LogP contribution is -2.51. The highest BCUT2D eigenvalue weighted by molar-refractivity contribution is 5.74. The topological polar surface area (TPSA) is 61.4 Å². The number of urea groups is 1. The second-order valence-electron chi connectivity index (χ2n) is 6.70. The number of amides is 2. The van der Waals surface area contributed by atoms with Gasteiger partial charge in [0.05, 0.1) is 5.60 Å². The lowest BCUT2D eigenvalue weighted by atomic mass is 9.68. The normalized spacial score (nSPS) is 30.8. The summed E-state index contributed by atoms with van der Waals surface area (Å²) in [6.07, 6.45) is 4.42. The number of unbranched alkanes of at least 4 members (excludes halogenated alkanes) is 1. The van der Waals surface area contributed by atoms with Crippen molar-refractivity contribution in [3.63, 3.8) is 0 Å². The Balaban J connectivity index is 2.44. The molecular formula is C14H28N2O2. The maximum absolute atomic E-state index is 11.7. The lowest BCUT2D eigenvalue weighted by molar-refractivity contribution is -0.0347. The first kappa shape index (κ1) is 15.3. The van der Waals surface area contributed by atoms with E-state index in [1.165, 1.54) is 0 Å². The molecule has 2 amide bonds. The van der Waals surface area contributed by atoms with Crippen LogP contribution in [0.4, 0.5) is 4.79 Å². The predicted molar refractivity (Wildman–Crippen MR) is 73.5 cm³/mol. The summed E-state index contributed by atoms with van der Waals surface area (Å²) in [6.45, 7) is 8.96. The Morgan fingerprint density at radius 2 is 2.00 bits per heavy atom. The molecule has 1 aliphatic rings. The van der Waals surface area contributed by atoms with E-state index in [0.717, 1.165) is 32.2 Å². The van der Waals surface area contributed by atoms with Crippen LogP contribution in [0.15, 0.2) is 0 Å². The number of nitrogens with one attached hydrogen (secondary N) is 2. The fourth-order valence-corrected chi connectivity index (χ4v) is 3.16. The van der Waals surface area contributed by atoms with Gasteiger partial charge in [0.1, 0.15) is 0 Å². The van der Waals surface area contributed by atoms with E-state index in [1.807, 2.05) is 6.92 Å². The van der Waals surface area contributed by atoms with Gasteiger partial charge in [0.15, 0.2) is 0 Å². The number of hydrogen-bond donors (Lipinski definition) is 3. The zero-order valence-corrected chi connectivity index (χ0v) is 12.2. The molecule has 0 spiro atoms. The molecule has 106 valence electrons. The van der Waals surface area contributed by atoms with Gasteiger partial charge in [0.2, 0.25) is 0 Å². The van der Waals surface area contributed by atoms with Crippen LogP contribution in [-0.4, -0.2) is 29.3 Å². The number of hydrogen-bond acceptors (Lipinski definition) is 2. The molecule has 3 N–H and O–H groups in total. The van der Waals surface area contributed by atoms with Gasteiger partial charge in [-0.25, -0.2) is 4.79 Å². The van der Waals surface area contributed by atoms with Gasteiger partial charge in [-0.05, 0) is 38.0 Å². The van der Waals surface area contributed by atoms with Gasteiger partial charge < -0.3 is 15.7 Å².